The van der Waals surface area contributed by atoms with Crippen LogP contribution in [0.15, 0.2) is 48.5 Å². The number of hydrogen-bond acceptors (Lipinski definition) is 3. The number of rotatable bonds is 4. The highest BCUT2D eigenvalue weighted by Crippen LogP contribution is 2.25. The van der Waals surface area contributed by atoms with Gasteiger partial charge in [0.25, 0.3) is 5.91 Å². The molecule has 1 aliphatic heterocycles. The Hall–Kier alpha value is -2.66. The van der Waals surface area contributed by atoms with E-state index >= 15 is 0 Å². The summed E-state index contributed by atoms with van der Waals surface area (Å²) in [4.78, 5) is 38.9. The van der Waals surface area contributed by atoms with Gasteiger partial charge in [-0.25, -0.2) is 0 Å². The fraction of sp³-hybridized carbons (Fsp3) is 0.286. The van der Waals surface area contributed by atoms with Gasteiger partial charge in [-0.1, -0.05) is 36.7 Å². The first-order valence-corrected chi connectivity index (χ1v) is 9.16. The molecular weight excluding hydrogens is 366 g/mol. The molecule has 2 aromatic rings. The number of piperidine rings is 1. The first-order chi connectivity index (χ1) is 12.9. The van der Waals surface area contributed by atoms with E-state index < -0.39 is 11.9 Å². The van der Waals surface area contributed by atoms with Crippen LogP contribution in [0.2, 0.25) is 5.02 Å². The molecule has 2 unspecified atom stereocenters. The zero-order valence-corrected chi connectivity index (χ0v) is 15.6. The van der Waals surface area contributed by atoms with Crippen LogP contribution in [-0.2, 0) is 4.79 Å². The van der Waals surface area contributed by atoms with Crippen molar-refractivity contribution in [3.05, 3.63) is 70.2 Å². The van der Waals surface area contributed by atoms with Crippen LogP contribution in [-0.4, -0.2) is 40.8 Å². The summed E-state index contributed by atoms with van der Waals surface area (Å²) in [5, 5.41) is 9.86. The standard InChI is InChI=1S/C21H20ClNO4/c1-13-10-15(21(26)27)12-23(11-13)20(25)18-5-3-2-4-17(18)19(24)14-6-8-16(22)9-7-14/h2-9,13,15H,10-12H2,1H3,(H,26,27). The van der Waals surface area contributed by atoms with E-state index in [1.807, 2.05) is 6.92 Å². The smallest absolute Gasteiger partial charge is 0.308 e. The van der Waals surface area contributed by atoms with Crippen molar-refractivity contribution >= 4 is 29.3 Å². The number of amides is 1. The predicted octanol–water partition coefficient (Wildman–Crippen LogP) is 3.75. The summed E-state index contributed by atoms with van der Waals surface area (Å²) < 4.78 is 0. The predicted molar refractivity (Wildman–Crippen MR) is 102 cm³/mol. The SMILES string of the molecule is CC1CC(C(=O)O)CN(C(=O)c2ccccc2C(=O)c2ccc(Cl)cc2)C1. The van der Waals surface area contributed by atoms with Crippen molar-refractivity contribution in [2.24, 2.45) is 11.8 Å². The quantitative estimate of drug-likeness (QED) is 0.813. The van der Waals surface area contributed by atoms with Crippen LogP contribution in [0.5, 0.6) is 0 Å². The number of carboxylic acid groups (broad SMARTS) is 1. The van der Waals surface area contributed by atoms with Crippen LogP contribution < -0.4 is 0 Å². The topological polar surface area (TPSA) is 74.7 Å². The maximum Gasteiger partial charge on any atom is 0.308 e. The molecular formula is C21H20ClNO4. The lowest BCUT2D eigenvalue weighted by atomic mass is 9.89. The molecule has 3 rings (SSSR count). The third-order valence-electron chi connectivity index (χ3n) is 4.80. The Morgan fingerprint density at radius 1 is 1.00 bits per heavy atom. The Morgan fingerprint density at radius 3 is 2.26 bits per heavy atom. The molecule has 0 aliphatic carbocycles. The fourth-order valence-electron chi connectivity index (χ4n) is 3.49. The molecule has 6 heteroatoms. The van der Waals surface area contributed by atoms with Crippen LogP contribution in [0.3, 0.4) is 0 Å². The molecule has 0 spiro atoms. The van der Waals surface area contributed by atoms with E-state index in [0.29, 0.717) is 29.1 Å². The molecule has 1 N–H and O–H groups in total. The Balaban J connectivity index is 1.91. The van der Waals surface area contributed by atoms with E-state index in [1.54, 1.807) is 53.4 Å². The zero-order chi connectivity index (χ0) is 19.6. The molecule has 140 valence electrons. The lowest BCUT2D eigenvalue weighted by molar-refractivity contribution is -0.143. The van der Waals surface area contributed by atoms with Crippen LogP contribution in [0.25, 0.3) is 0 Å². The van der Waals surface area contributed by atoms with Crippen molar-refractivity contribution < 1.29 is 19.5 Å². The fourth-order valence-corrected chi connectivity index (χ4v) is 3.62. The molecule has 1 fully saturated rings. The Kier molecular flexibility index (Phi) is 5.61. The Morgan fingerprint density at radius 2 is 1.63 bits per heavy atom. The van der Waals surface area contributed by atoms with Gasteiger partial charge in [-0.15, -0.1) is 0 Å². The van der Waals surface area contributed by atoms with E-state index in [2.05, 4.69) is 0 Å². The molecule has 5 nitrogen and oxygen atoms in total. The number of halogens is 1. The number of likely N-dealkylation sites (tertiary alicyclic amines) is 1. The molecule has 1 aliphatic rings. The third-order valence-corrected chi connectivity index (χ3v) is 5.06. The first-order valence-electron chi connectivity index (χ1n) is 8.78. The maximum atomic E-state index is 13.1. The average molecular weight is 386 g/mol. The molecule has 1 amide bonds. The maximum absolute atomic E-state index is 13.1. The number of carbonyl (C=O) groups is 3. The van der Waals surface area contributed by atoms with E-state index in [0.717, 1.165) is 0 Å². The highest BCUT2D eigenvalue weighted by molar-refractivity contribution is 6.30. The zero-order valence-electron chi connectivity index (χ0n) is 14.9. The highest BCUT2D eigenvalue weighted by atomic mass is 35.5. The lowest BCUT2D eigenvalue weighted by Gasteiger charge is -2.35. The minimum atomic E-state index is -0.898. The summed E-state index contributed by atoms with van der Waals surface area (Å²) in [5.74, 6) is -1.98. The summed E-state index contributed by atoms with van der Waals surface area (Å²) in [5.41, 5.74) is 1.03. The van der Waals surface area contributed by atoms with E-state index in [1.165, 1.54) is 0 Å². The number of benzene rings is 2. The van der Waals surface area contributed by atoms with Gasteiger partial charge in [0.15, 0.2) is 5.78 Å². The number of aliphatic carboxylic acids is 1. The van der Waals surface area contributed by atoms with E-state index in [9.17, 15) is 19.5 Å². The molecule has 27 heavy (non-hydrogen) atoms. The Bertz CT molecular complexity index is 878. The number of ketones is 1. The van der Waals surface area contributed by atoms with Crippen molar-refractivity contribution in [2.75, 3.05) is 13.1 Å². The lowest BCUT2D eigenvalue weighted by Crippen LogP contribution is -2.45. The van der Waals surface area contributed by atoms with Crippen molar-refractivity contribution in [1.82, 2.24) is 4.90 Å². The van der Waals surface area contributed by atoms with Crippen LogP contribution in [0.1, 0.15) is 39.6 Å². The van der Waals surface area contributed by atoms with Crippen LogP contribution in [0, 0.1) is 11.8 Å². The van der Waals surface area contributed by atoms with Gasteiger partial charge in [0.05, 0.1) is 11.5 Å². The molecule has 2 atom stereocenters. The van der Waals surface area contributed by atoms with Gasteiger partial charge in [-0.05, 0) is 42.7 Å². The summed E-state index contributed by atoms with van der Waals surface area (Å²) in [6.07, 6.45) is 0.546. The first kappa shape index (κ1) is 19.1. The number of nitrogens with zero attached hydrogens (tertiary/aromatic N) is 1. The second kappa shape index (κ2) is 7.92. The minimum Gasteiger partial charge on any atom is -0.481 e. The van der Waals surface area contributed by atoms with Gasteiger partial charge in [-0.3, -0.25) is 14.4 Å². The molecule has 2 aromatic carbocycles. The number of carbonyl (C=O) groups excluding carboxylic acids is 2. The average Bonchev–Trinajstić information content (AvgIpc) is 2.67. The monoisotopic (exact) mass is 385 g/mol. The largest absolute Gasteiger partial charge is 0.481 e. The summed E-state index contributed by atoms with van der Waals surface area (Å²) in [7, 11) is 0. The number of carboxylic acids is 1. The summed E-state index contributed by atoms with van der Waals surface area (Å²) in [6, 6.07) is 13.1. The van der Waals surface area contributed by atoms with Gasteiger partial charge in [0, 0.05) is 29.2 Å². The highest BCUT2D eigenvalue weighted by Gasteiger charge is 2.33. The molecule has 0 aromatic heterocycles. The summed E-state index contributed by atoms with van der Waals surface area (Å²) >= 11 is 5.88. The molecule has 1 saturated heterocycles. The molecule has 0 saturated carbocycles. The van der Waals surface area contributed by atoms with Crippen LogP contribution in [0.4, 0.5) is 0 Å². The van der Waals surface area contributed by atoms with Crippen molar-refractivity contribution in [2.45, 2.75) is 13.3 Å². The molecule has 0 radical (unpaired) electrons. The number of hydrogen-bond donors (Lipinski definition) is 1. The van der Waals surface area contributed by atoms with Gasteiger partial charge in [0.1, 0.15) is 0 Å². The minimum absolute atomic E-state index is 0.0860. The van der Waals surface area contributed by atoms with Crippen molar-refractivity contribution in [3.8, 4) is 0 Å². The van der Waals surface area contributed by atoms with Crippen molar-refractivity contribution in [1.29, 1.82) is 0 Å². The van der Waals surface area contributed by atoms with E-state index in [4.69, 9.17) is 11.6 Å². The van der Waals surface area contributed by atoms with Gasteiger partial charge < -0.3 is 10.0 Å². The second-order valence-electron chi connectivity index (χ2n) is 6.97. The van der Waals surface area contributed by atoms with Gasteiger partial charge >= 0.3 is 5.97 Å². The Labute approximate surface area is 162 Å². The van der Waals surface area contributed by atoms with Gasteiger partial charge in [0.2, 0.25) is 0 Å². The van der Waals surface area contributed by atoms with Crippen molar-refractivity contribution in [3.63, 3.8) is 0 Å². The molecule has 0 bridgehead atoms. The van der Waals surface area contributed by atoms with Gasteiger partial charge in [-0.2, -0.15) is 0 Å². The van der Waals surface area contributed by atoms with E-state index in [-0.39, 0.29) is 29.7 Å². The third kappa shape index (κ3) is 4.19. The van der Waals surface area contributed by atoms with Crippen LogP contribution >= 0.6 is 11.6 Å². The second-order valence-corrected chi connectivity index (χ2v) is 7.40. The normalized spacial score (nSPS) is 19.6. The summed E-state index contributed by atoms with van der Waals surface area (Å²) in [6.45, 7) is 2.56. The molecule has 1 heterocycles.